The van der Waals surface area contributed by atoms with Crippen LogP contribution >= 0.6 is 0 Å². The Labute approximate surface area is 200 Å². The van der Waals surface area contributed by atoms with Gasteiger partial charge in [0, 0.05) is 17.8 Å². The molecule has 1 aliphatic rings. The summed E-state index contributed by atoms with van der Waals surface area (Å²) in [5.74, 6) is -1.66. The minimum Gasteiger partial charge on any atom is -0.430 e. The van der Waals surface area contributed by atoms with Crippen molar-refractivity contribution in [2.24, 2.45) is 10.8 Å². The fourth-order valence-corrected chi connectivity index (χ4v) is 2.86. The number of ether oxygens (including phenoxy) is 1. The second-order valence-corrected chi connectivity index (χ2v) is 10.3. The molecule has 2 N–H and O–H groups in total. The Bertz CT molecular complexity index is 1010. The summed E-state index contributed by atoms with van der Waals surface area (Å²) in [6.45, 7) is 14.2. The van der Waals surface area contributed by atoms with Crippen LogP contribution in [0.3, 0.4) is 0 Å². The number of hydrogen-bond donors (Lipinski definition) is 2. The summed E-state index contributed by atoms with van der Waals surface area (Å²) in [5, 5.41) is 6.35. The van der Waals surface area contributed by atoms with E-state index in [1.165, 1.54) is 13.0 Å². The molecular formula is C25H35N3O6. The lowest BCUT2D eigenvalue weighted by molar-refractivity contribution is -0.157. The number of esters is 1. The molecule has 1 aromatic rings. The number of hydroxylamine groups is 1. The highest BCUT2D eigenvalue weighted by atomic mass is 16.7. The molecule has 186 valence electrons. The molecule has 0 aromatic heterocycles. The second-order valence-electron chi connectivity index (χ2n) is 10.3. The summed E-state index contributed by atoms with van der Waals surface area (Å²) in [7, 11) is 0. The number of allylic oxidation sites excluding steroid dienone is 1. The summed E-state index contributed by atoms with van der Waals surface area (Å²) in [6, 6.07) is 4.39. The monoisotopic (exact) mass is 473 g/mol. The first-order valence-corrected chi connectivity index (χ1v) is 11.4. The van der Waals surface area contributed by atoms with E-state index >= 15 is 0 Å². The highest BCUT2D eigenvalue weighted by Crippen LogP contribution is 2.41. The van der Waals surface area contributed by atoms with Crippen LogP contribution in [0.4, 0.5) is 16.2 Å². The molecule has 0 radical (unpaired) electrons. The third-order valence-electron chi connectivity index (χ3n) is 4.95. The molecule has 2 rings (SSSR count). The van der Waals surface area contributed by atoms with E-state index in [2.05, 4.69) is 10.6 Å². The maximum absolute atomic E-state index is 13.3. The van der Waals surface area contributed by atoms with Crippen molar-refractivity contribution < 1.29 is 28.8 Å². The van der Waals surface area contributed by atoms with Crippen LogP contribution in [0.1, 0.15) is 73.8 Å². The molecule has 1 aromatic carbocycles. The average Bonchev–Trinajstić information content (AvgIpc) is 2.97. The molecular weight excluding hydrogens is 438 g/mol. The number of rotatable bonds is 6. The molecule has 3 amide bonds. The van der Waals surface area contributed by atoms with Crippen molar-refractivity contribution in [1.82, 2.24) is 5.32 Å². The SMILES string of the molecule is CCCCNC(=O)Nc1ccc2c(c1)N(OC(=O)C(C)(C)C)C(=O)/C2=C(/C)OC(=O)C(C)(C)C. The van der Waals surface area contributed by atoms with E-state index < -0.39 is 28.7 Å². The van der Waals surface area contributed by atoms with E-state index in [4.69, 9.17) is 9.57 Å². The van der Waals surface area contributed by atoms with Gasteiger partial charge in [-0.15, -0.1) is 5.06 Å². The molecule has 0 fully saturated rings. The molecule has 1 aliphatic heterocycles. The van der Waals surface area contributed by atoms with Crippen LogP contribution in [-0.4, -0.2) is 30.4 Å². The van der Waals surface area contributed by atoms with E-state index in [0.29, 0.717) is 17.8 Å². The van der Waals surface area contributed by atoms with Gasteiger partial charge in [-0.3, -0.25) is 9.59 Å². The Balaban J connectivity index is 2.46. The molecule has 0 unspecified atom stereocenters. The van der Waals surface area contributed by atoms with Gasteiger partial charge in [0.1, 0.15) is 5.76 Å². The van der Waals surface area contributed by atoms with Crippen LogP contribution in [0.15, 0.2) is 24.0 Å². The lowest BCUT2D eigenvalue weighted by Gasteiger charge is -2.22. The number of benzene rings is 1. The predicted octanol–water partition coefficient (Wildman–Crippen LogP) is 4.78. The van der Waals surface area contributed by atoms with E-state index in [9.17, 15) is 19.2 Å². The highest BCUT2D eigenvalue weighted by Gasteiger charge is 2.40. The van der Waals surface area contributed by atoms with Gasteiger partial charge in [-0.25, -0.2) is 9.59 Å². The van der Waals surface area contributed by atoms with Gasteiger partial charge in [0.2, 0.25) is 0 Å². The summed E-state index contributed by atoms with van der Waals surface area (Å²) in [6.07, 6.45) is 1.80. The van der Waals surface area contributed by atoms with Gasteiger partial charge < -0.3 is 20.2 Å². The van der Waals surface area contributed by atoms with E-state index in [1.807, 2.05) is 6.92 Å². The zero-order chi connectivity index (χ0) is 25.8. The number of fused-ring (bicyclic) bond motifs is 1. The lowest BCUT2D eigenvalue weighted by atomic mass is 9.97. The van der Waals surface area contributed by atoms with E-state index in [-0.39, 0.29) is 23.1 Å². The van der Waals surface area contributed by atoms with Crippen molar-refractivity contribution in [3.05, 3.63) is 29.5 Å². The molecule has 9 heteroatoms. The summed E-state index contributed by atoms with van der Waals surface area (Å²) >= 11 is 0. The molecule has 0 bridgehead atoms. The van der Waals surface area contributed by atoms with Gasteiger partial charge in [-0.1, -0.05) is 13.3 Å². The van der Waals surface area contributed by atoms with E-state index in [1.54, 1.807) is 53.7 Å². The number of nitrogens with zero attached hydrogens (tertiary/aromatic N) is 1. The van der Waals surface area contributed by atoms with Crippen molar-refractivity contribution in [2.75, 3.05) is 16.9 Å². The van der Waals surface area contributed by atoms with E-state index in [0.717, 1.165) is 17.9 Å². The molecule has 0 aliphatic carbocycles. The first-order chi connectivity index (χ1) is 15.7. The summed E-state index contributed by atoms with van der Waals surface area (Å²) < 4.78 is 5.47. The first kappa shape index (κ1) is 26.9. The van der Waals surface area contributed by atoms with Crippen LogP contribution in [-0.2, 0) is 24.0 Å². The molecule has 0 atom stereocenters. The zero-order valence-electron chi connectivity index (χ0n) is 21.3. The Morgan fingerprint density at radius 2 is 1.62 bits per heavy atom. The molecule has 1 heterocycles. The minimum absolute atomic E-state index is 0.0958. The lowest BCUT2D eigenvalue weighted by Crippen LogP contribution is -2.35. The largest absolute Gasteiger partial charge is 0.430 e. The van der Waals surface area contributed by atoms with Crippen molar-refractivity contribution >= 4 is 40.8 Å². The highest BCUT2D eigenvalue weighted by molar-refractivity contribution is 6.32. The normalized spacial score (nSPS) is 14.9. The molecule has 0 spiro atoms. The average molecular weight is 474 g/mol. The van der Waals surface area contributed by atoms with Crippen molar-refractivity contribution in [3.8, 4) is 0 Å². The fourth-order valence-electron chi connectivity index (χ4n) is 2.86. The van der Waals surface area contributed by atoms with Crippen molar-refractivity contribution in [2.45, 2.75) is 68.2 Å². The van der Waals surface area contributed by atoms with Gasteiger partial charge >= 0.3 is 18.0 Å². The van der Waals surface area contributed by atoms with Crippen LogP contribution in [0, 0.1) is 10.8 Å². The topological polar surface area (TPSA) is 114 Å². The fraction of sp³-hybridized carbons (Fsp3) is 0.520. The number of amides is 3. The number of nitrogens with one attached hydrogen (secondary N) is 2. The Morgan fingerprint density at radius 1 is 1.00 bits per heavy atom. The standard InChI is InChI=1S/C25H35N3O6/c1-9-10-13-26-23(32)27-16-11-12-17-18(14-16)28(34-22(31)25(6,7)8)20(29)19(17)15(2)33-21(30)24(3,4)5/h11-12,14H,9-10,13H2,1-8H3,(H2,26,27,32)/b19-15-. The van der Waals surface area contributed by atoms with Crippen molar-refractivity contribution in [1.29, 1.82) is 0 Å². The summed E-state index contributed by atoms with van der Waals surface area (Å²) in [4.78, 5) is 55.9. The Hall–Kier alpha value is -3.36. The van der Waals surface area contributed by atoms with Gasteiger partial charge in [0.15, 0.2) is 0 Å². The van der Waals surface area contributed by atoms with Gasteiger partial charge in [-0.2, -0.15) is 0 Å². The number of carbonyl (C=O) groups is 4. The Morgan fingerprint density at radius 3 is 2.18 bits per heavy atom. The van der Waals surface area contributed by atoms with Gasteiger partial charge in [0.05, 0.1) is 22.1 Å². The molecule has 0 saturated carbocycles. The Kier molecular flexibility index (Phi) is 8.13. The van der Waals surface area contributed by atoms with Crippen LogP contribution in [0.25, 0.3) is 5.57 Å². The third-order valence-corrected chi connectivity index (χ3v) is 4.95. The quantitative estimate of drug-likeness (QED) is 0.266. The number of anilines is 2. The van der Waals surface area contributed by atoms with Gasteiger partial charge in [0.25, 0.3) is 5.91 Å². The molecule has 0 saturated heterocycles. The number of carbonyl (C=O) groups excluding carboxylic acids is 4. The van der Waals surface area contributed by atoms with Crippen LogP contribution in [0.2, 0.25) is 0 Å². The molecule has 9 nitrogen and oxygen atoms in total. The molecule has 34 heavy (non-hydrogen) atoms. The predicted molar refractivity (Wildman–Crippen MR) is 130 cm³/mol. The number of hydrogen-bond acceptors (Lipinski definition) is 6. The maximum atomic E-state index is 13.3. The minimum atomic E-state index is -0.865. The first-order valence-electron chi connectivity index (χ1n) is 11.4. The number of urea groups is 1. The second kappa shape index (κ2) is 10.3. The third kappa shape index (κ3) is 6.36. The summed E-state index contributed by atoms with van der Waals surface area (Å²) in [5.41, 5.74) is -0.451. The van der Waals surface area contributed by atoms with Crippen molar-refractivity contribution in [3.63, 3.8) is 0 Å². The maximum Gasteiger partial charge on any atom is 0.338 e. The number of unbranched alkanes of at least 4 members (excludes halogenated alkanes) is 1. The smallest absolute Gasteiger partial charge is 0.338 e. The zero-order valence-corrected chi connectivity index (χ0v) is 21.3. The van der Waals surface area contributed by atoms with Crippen LogP contribution in [0.5, 0.6) is 0 Å². The van der Waals surface area contributed by atoms with Gasteiger partial charge in [-0.05, 0) is 73.1 Å². The van der Waals surface area contributed by atoms with Crippen LogP contribution < -0.4 is 15.7 Å².